The monoisotopic (exact) mass is 295 g/mol. The lowest BCUT2D eigenvalue weighted by molar-refractivity contribution is -0.141. The number of nitrogens with one attached hydrogen (secondary N) is 1. The first kappa shape index (κ1) is 17.2. The van der Waals surface area contributed by atoms with Crippen molar-refractivity contribution >= 4 is 11.9 Å². The zero-order valence-electron chi connectivity index (χ0n) is 13.2. The van der Waals surface area contributed by atoms with E-state index in [4.69, 9.17) is 9.84 Å². The van der Waals surface area contributed by atoms with Crippen LogP contribution in [0.25, 0.3) is 0 Å². The highest BCUT2D eigenvalue weighted by Gasteiger charge is 2.12. The van der Waals surface area contributed by atoms with Crippen molar-refractivity contribution in [1.82, 2.24) is 9.97 Å². The number of anilines is 1. The zero-order valence-corrected chi connectivity index (χ0v) is 13.2. The van der Waals surface area contributed by atoms with Gasteiger partial charge in [-0.15, -0.1) is 0 Å². The summed E-state index contributed by atoms with van der Waals surface area (Å²) in [6.07, 6.45) is 4.13. The zero-order chi connectivity index (χ0) is 15.8. The maximum atomic E-state index is 10.7. The molecule has 0 radical (unpaired) electrons. The van der Waals surface area contributed by atoms with E-state index in [1.165, 1.54) is 0 Å². The van der Waals surface area contributed by atoms with E-state index in [1.807, 2.05) is 20.8 Å². The van der Waals surface area contributed by atoms with Gasteiger partial charge in [-0.25, -0.2) is 4.98 Å². The third-order valence-corrected chi connectivity index (χ3v) is 3.06. The average molecular weight is 295 g/mol. The second-order valence-electron chi connectivity index (χ2n) is 5.60. The summed E-state index contributed by atoms with van der Waals surface area (Å²) in [7, 11) is 0. The molecule has 0 saturated heterocycles. The van der Waals surface area contributed by atoms with Gasteiger partial charge in [0.25, 0.3) is 0 Å². The first-order valence-corrected chi connectivity index (χ1v) is 7.37. The summed E-state index contributed by atoms with van der Waals surface area (Å²) < 4.78 is 5.52. The Labute approximate surface area is 126 Å². The Morgan fingerprint density at radius 1 is 1.33 bits per heavy atom. The van der Waals surface area contributed by atoms with Gasteiger partial charge < -0.3 is 15.2 Å². The minimum atomic E-state index is -0.738. The highest BCUT2D eigenvalue weighted by Crippen LogP contribution is 2.14. The van der Waals surface area contributed by atoms with E-state index < -0.39 is 5.97 Å². The SMILES string of the molecule is CC(CCCC(C)C(=O)O)Nc1nccc(OC(C)C)n1. The lowest BCUT2D eigenvalue weighted by atomic mass is 10.0. The first-order chi connectivity index (χ1) is 9.88. The summed E-state index contributed by atoms with van der Waals surface area (Å²) in [5.74, 6) is 0.0508. The Kier molecular flexibility index (Phi) is 6.91. The van der Waals surface area contributed by atoms with E-state index in [0.29, 0.717) is 18.2 Å². The number of aliphatic carboxylic acids is 1. The Morgan fingerprint density at radius 2 is 2.05 bits per heavy atom. The molecular weight excluding hydrogens is 270 g/mol. The van der Waals surface area contributed by atoms with E-state index in [0.717, 1.165) is 12.8 Å². The summed E-state index contributed by atoms with van der Waals surface area (Å²) >= 11 is 0. The van der Waals surface area contributed by atoms with Crippen LogP contribution in [-0.2, 0) is 4.79 Å². The molecule has 2 N–H and O–H groups in total. The molecule has 0 aromatic carbocycles. The third-order valence-electron chi connectivity index (χ3n) is 3.06. The van der Waals surface area contributed by atoms with Crippen LogP contribution in [0, 0.1) is 5.92 Å². The predicted octanol–water partition coefficient (Wildman–Crippen LogP) is 2.96. The largest absolute Gasteiger partial charge is 0.481 e. The van der Waals surface area contributed by atoms with Gasteiger partial charge in [0.2, 0.25) is 11.8 Å². The molecule has 0 aliphatic heterocycles. The number of ether oxygens (including phenoxy) is 1. The molecule has 1 aromatic heterocycles. The van der Waals surface area contributed by atoms with Gasteiger partial charge in [-0.3, -0.25) is 4.79 Å². The molecule has 0 amide bonds. The predicted molar refractivity (Wildman–Crippen MR) is 81.5 cm³/mol. The fourth-order valence-corrected chi connectivity index (χ4v) is 1.87. The normalized spacial score (nSPS) is 13.8. The molecule has 0 spiro atoms. The highest BCUT2D eigenvalue weighted by molar-refractivity contribution is 5.69. The number of aromatic nitrogens is 2. The molecule has 2 unspecified atom stereocenters. The van der Waals surface area contributed by atoms with Crippen molar-refractivity contribution in [1.29, 1.82) is 0 Å². The van der Waals surface area contributed by atoms with Gasteiger partial charge in [0.15, 0.2) is 0 Å². The number of hydrogen-bond donors (Lipinski definition) is 2. The van der Waals surface area contributed by atoms with Gasteiger partial charge in [-0.2, -0.15) is 4.98 Å². The average Bonchev–Trinajstić information content (AvgIpc) is 2.37. The van der Waals surface area contributed by atoms with E-state index in [2.05, 4.69) is 15.3 Å². The number of carboxylic acid groups (broad SMARTS) is 1. The third kappa shape index (κ3) is 6.92. The standard InChI is InChI=1S/C15H25N3O3/c1-10(2)21-13-8-9-16-15(18-13)17-12(4)7-5-6-11(3)14(19)20/h8-12H,5-7H2,1-4H3,(H,19,20)(H,16,17,18). The van der Waals surface area contributed by atoms with Crippen molar-refractivity contribution in [2.24, 2.45) is 5.92 Å². The van der Waals surface area contributed by atoms with Crippen LogP contribution in [0.3, 0.4) is 0 Å². The number of carbonyl (C=O) groups is 1. The van der Waals surface area contributed by atoms with Crippen molar-refractivity contribution < 1.29 is 14.6 Å². The maximum Gasteiger partial charge on any atom is 0.306 e. The molecule has 0 aliphatic carbocycles. The quantitative estimate of drug-likeness (QED) is 0.728. The summed E-state index contributed by atoms with van der Waals surface area (Å²) in [4.78, 5) is 19.2. The number of nitrogens with zero attached hydrogens (tertiary/aromatic N) is 2. The minimum absolute atomic E-state index is 0.0719. The van der Waals surface area contributed by atoms with Gasteiger partial charge in [0.05, 0.1) is 12.0 Å². The molecule has 118 valence electrons. The molecule has 1 heterocycles. The van der Waals surface area contributed by atoms with Gasteiger partial charge in [-0.05, 0) is 33.6 Å². The second-order valence-corrected chi connectivity index (χ2v) is 5.60. The van der Waals surface area contributed by atoms with Crippen LogP contribution >= 0.6 is 0 Å². The second kappa shape index (κ2) is 8.44. The Morgan fingerprint density at radius 3 is 2.67 bits per heavy atom. The van der Waals surface area contributed by atoms with Crippen LogP contribution in [0.4, 0.5) is 5.95 Å². The molecule has 0 saturated carbocycles. The van der Waals surface area contributed by atoms with Crippen LogP contribution in [0.2, 0.25) is 0 Å². The summed E-state index contributed by atoms with van der Waals surface area (Å²) in [6.45, 7) is 7.66. The number of rotatable bonds is 9. The van der Waals surface area contributed by atoms with Crippen LogP contribution in [0.5, 0.6) is 5.88 Å². The number of hydrogen-bond acceptors (Lipinski definition) is 5. The smallest absolute Gasteiger partial charge is 0.306 e. The molecule has 21 heavy (non-hydrogen) atoms. The van der Waals surface area contributed by atoms with Crippen molar-refractivity contribution in [2.75, 3.05) is 5.32 Å². The topological polar surface area (TPSA) is 84.3 Å². The Balaban J connectivity index is 2.40. The van der Waals surface area contributed by atoms with E-state index >= 15 is 0 Å². The molecule has 6 nitrogen and oxygen atoms in total. The van der Waals surface area contributed by atoms with E-state index in [1.54, 1.807) is 19.2 Å². The molecule has 0 fully saturated rings. The molecule has 0 bridgehead atoms. The van der Waals surface area contributed by atoms with Crippen molar-refractivity contribution in [3.05, 3.63) is 12.3 Å². The Hall–Kier alpha value is -1.85. The minimum Gasteiger partial charge on any atom is -0.481 e. The van der Waals surface area contributed by atoms with Crippen molar-refractivity contribution in [3.63, 3.8) is 0 Å². The van der Waals surface area contributed by atoms with Gasteiger partial charge in [0.1, 0.15) is 0 Å². The molecule has 2 atom stereocenters. The van der Waals surface area contributed by atoms with E-state index in [9.17, 15) is 4.79 Å². The molecular formula is C15H25N3O3. The summed E-state index contributed by atoms with van der Waals surface area (Å²) in [6, 6.07) is 1.91. The van der Waals surface area contributed by atoms with Crippen LogP contribution < -0.4 is 10.1 Å². The lowest BCUT2D eigenvalue weighted by Crippen LogP contribution is -2.18. The van der Waals surface area contributed by atoms with Crippen LogP contribution in [0.15, 0.2) is 12.3 Å². The van der Waals surface area contributed by atoms with Crippen molar-refractivity contribution in [2.45, 2.75) is 59.1 Å². The fourth-order valence-electron chi connectivity index (χ4n) is 1.87. The van der Waals surface area contributed by atoms with Crippen LogP contribution in [-0.4, -0.2) is 33.2 Å². The summed E-state index contributed by atoms with van der Waals surface area (Å²) in [5.41, 5.74) is 0. The van der Waals surface area contributed by atoms with Crippen LogP contribution in [0.1, 0.15) is 47.0 Å². The van der Waals surface area contributed by atoms with Gasteiger partial charge in [-0.1, -0.05) is 13.3 Å². The maximum absolute atomic E-state index is 10.7. The van der Waals surface area contributed by atoms with E-state index in [-0.39, 0.29) is 18.1 Å². The first-order valence-electron chi connectivity index (χ1n) is 7.37. The molecule has 1 rings (SSSR count). The molecule has 0 aliphatic rings. The van der Waals surface area contributed by atoms with Crippen molar-refractivity contribution in [3.8, 4) is 5.88 Å². The molecule has 1 aromatic rings. The highest BCUT2D eigenvalue weighted by atomic mass is 16.5. The number of carboxylic acids is 1. The molecule has 6 heteroatoms. The van der Waals surface area contributed by atoms with Gasteiger partial charge in [0, 0.05) is 18.3 Å². The lowest BCUT2D eigenvalue weighted by Gasteiger charge is -2.15. The Bertz CT molecular complexity index is 452. The summed E-state index contributed by atoms with van der Waals surface area (Å²) in [5, 5.41) is 12.0. The fraction of sp³-hybridized carbons (Fsp3) is 0.667. The van der Waals surface area contributed by atoms with Gasteiger partial charge >= 0.3 is 5.97 Å².